The van der Waals surface area contributed by atoms with E-state index in [0.29, 0.717) is 17.7 Å². The number of fused-ring (bicyclic) bond motifs is 1. The van der Waals surface area contributed by atoms with Crippen LogP contribution in [0.15, 0.2) is 36.4 Å². The van der Waals surface area contributed by atoms with Gasteiger partial charge in [-0.1, -0.05) is 30.3 Å². The van der Waals surface area contributed by atoms with Gasteiger partial charge in [-0.3, -0.25) is 0 Å². The van der Waals surface area contributed by atoms with Crippen LogP contribution in [0.2, 0.25) is 0 Å². The van der Waals surface area contributed by atoms with Gasteiger partial charge < -0.3 is 15.5 Å². The summed E-state index contributed by atoms with van der Waals surface area (Å²) >= 11 is 0. The minimum Gasteiger partial charge on any atom is -0.508 e. The number of aromatic hydroxyl groups is 1. The first kappa shape index (κ1) is 13.4. The highest BCUT2D eigenvalue weighted by Crippen LogP contribution is 2.48. The van der Waals surface area contributed by atoms with Crippen LogP contribution in [0.25, 0.3) is 10.8 Å². The first-order valence-corrected chi connectivity index (χ1v) is 7.25. The van der Waals surface area contributed by atoms with Gasteiger partial charge in [-0.15, -0.1) is 0 Å². The summed E-state index contributed by atoms with van der Waals surface area (Å²) in [4.78, 5) is 0. The van der Waals surface area contributed by atoms with E-state index >= 15 is 0 Å². The van der Waals surface area contributed by atoms with E-state index in [-0.39, 0.29) is 6.61 Å². The Labute approximate surface area is 119 Å². The van der Waals surface area contributed by atoms with Crippen LogP contribution in [0.1, 0.15) is 24.8 Å². The molecule has 1 aliphatic carbocycles. The number of nitrogens with one attached hydrogen (secondary N) is 1. The minimum absolute atomic E-state index is 0.265. The molecule has 3 N–H and O–H groups in total. The molecular formula is C17H21NO2. The van der Waals surface area contributed by atoms with Gasteiger partial charge >= 0.3 is 0 Å². The van der Waals surface area contributed by atoms with Gasteiger partial charge in [-0.05, 0) is 41.5 Å². The summed E-state index contributed by atoms with van der Waals surface area (Å²) in [5, 5.41) is 24.9. The summed E-state index contributed by atoms with van der Waals surface area (Å²) in [5.74, 6) is 0.350. The molecule has 0 saturated heterocycles. The number of aliphatic hydroxyl groups excluding tert-OH is 1. The van der Waals surface area contributed by atoms with Crippen LogP contribution in [0, 0.1) is 5.41 Å². The van der Waals surface area contributed by atoms with Crippen LogP contribution in [0.5, 0.6) is 5.75 Å². The lowest BCUT2D eigenvalue weighted by molar-refractivity contribution is 0.245. The topological polar surface area (TPSA) is 52.5 Å². The van der Waals surface area contributed by atoms with Crippen molar-refractivity contribution in [3.8, 4) is 5.75 Å². The molecule has 0 unspecified atom stereocenters. The van der Waals surface area contributed by atoms with Crippen molar-refractivity contribution in [3.05, 3.63) is 42.0 Å². The molecule has 0 heterocycles. The number of hydrogen-bond acceptors (Lipinski definition) is 3. The molecule has 0 spiro atoms. The second-order valence-electron chi connectivity index (χ2n) is 5.86. The Morgan fingerprint density at radius 3 is 2.65 bits per heavy atom. The Bertz CT molecular complexity index is 605. The maximum atomic E-state index is 10.1. The molecule has 0 bridgehead atoms. The molecule has 0 aliphatic heterocycles. The highest BCUT2D eigenvalue weighted by Gasteiger charge is 2.41. The third-order valence-corrected chi connectivity index (χ3v) is 4.42. The number of aliphatic hydroxyl groups is 1. The Hall–Kier alpha value is -1.58. The van der Waals surface area contributed by atoms with Gasteiger partial charge in [0.25, 0.3) is 0 Å². The number of hydrogen-bond donors (Lipinski definition) is 3. The first-order valence-electron chi connectivity index (χ1n) is 7.25. The quantitative estimate of drug-likeness (QED) is 0.757. The van der Waals surface area contributed by atoms with Crippen molar-refractivity contribution in [3.63, 3.8) is 0 Å². The molecule has 2 aromatic carbocycles. The third-order valence-electron chi connectivity index (χ3n) is 4.42. The number of rotatable bonds is 6. The number of phenolic OH excluding ortho intramolecular Hbond substituents is 1. The molecule has 3 nitrogen and oxygen atoms in total. The minimum atomic E-state index is 0.265. The maximum absolute atomic E-state index is 10.1. The predicted octanol–water partition coefficient (Wildman–Crippen LogP) is 2.80. The molecule has 1 saturated carbocycles. The first-order chi connectivity index (χ1) is 9.74. The highest BCUT2D eigenvalue weighted by atomic mass is 16.3. The molecule has 0 atom stereocenters. The van der Waals surface area contributed by atoms with Crippen LogP contribution in [-0.2, 0) is 6.54 Å². The lowest BCUT2D eigenvalue weighted by atomic mass is 10.0. The number of benzene rings is 2. The fraction of sp³-hybridized carbons (Fsp3) is 0.412. The van der Waals surface area contributed by atoms with Crippen LogP contribution in [-0.4, -0.2) is 23.4 Å². The van der Waals surface area contributed by atoms with E-state index in [4.69, 9.17) is 5.11 Å². The lowest BCUT2D eigenvalue weighted by Gasteiger charge is -2.16. The molecule has 106 valence electrons. The summed E-state index contributed by atoms with van der Waals surface area (Å²) in [6, 6.07) is 11.8. The molecule has 0 radical (unpaired) electrons. The zero-order chi connectivity index (χ0) is 14.0. The molecule has 1 aliphatic rings. The van der Waals surface area contributed by atoms with Gasteiger partial charge in [0, 0.05) is 25.3 Å². The zero-order valence-corrected chi connectivity index (χ0v) is 11.6. The van der Waals surface area contributed by atoms with Crippen LogP contribution in [0.4, 0.5) is 0 Å². The van der Waals surface area contributed by atoms with E-state index in [1.807, 2.05) is 24.3 Å². The Morgan fingerprint density at radius 2 is 1.90 bits per heavy atom. The van der Waals surface area contributed by atoms with Crippen LogP contribution in [0.3, 0.4) is 0 Å². The van der Waals surface area contributed by atoms with Crippen molar-refractivity contribution in [1.82, 2.24) is 5.32 Å². The van der Waals surface area contributed by atoms with Crippen molar-refractivity contribution in [2.45, 2.75) is 25.8 Å². The fourth-order valence-corrected chi connectivity index (χ4v) is 2.89. The molecule has 3 rings (SSSR count). The lowest BCUT2D eigenvalue weighted by Crippen LogP contribution is -2.24. The van der Waals surface area contributed by atoms with Crippen LogP contribution >= 0.6 is 0 Å². The second-order valence-corrected chi connectivity index (χ2v) is 5.86. The van der Waals surface area contributed by atoms with Gasteiger partial charge in [-0.25, -0.2) is 0 Å². The van der Waals surface area contributed by atoms with E-state index in [1.165, 1.54) is 12.8 Å². The van der Waals surface area contributed by atoms with Crippen LogP contribution < -0.4 is 5.32 Å². The Morgan fingerprint density at radius 1 is 1.10 bits per heavy atom. The van der Waals surface area contributed by atoms with Gasteiger partial charge in [0.1, 0.15) is 5.75 Å². The van der Waals surface area contributed by atoms with Crippen molar-refractivity contribution >= 4 is 10.8 Å². The normalized spacial score (nSPS) is 16.4. The van der Waals surface area contributed by atoms with E-state index in [2.05, 4.69) is 11.4 Å². The van der Waals surface area contributed by atoms with Gasteiger partial charge in [0.15, 0.2) is 0 Å². The van der Waals surface area contributed by atoms with E-state index in [1.54, 1.807) is 6.07 Å². The molecule has 0 amide bonds. The number of phenols is 1. The second kappa shape index (κ2) is 5.43. The average Bonchev–Trinajstić information content (AvgIpc) is 3.22. The summed E-state index contributed by atoms with van der Waals surface area (Å²) in [6.45, 7) is 1.85. The Balaban J connectivity index is 1.72. The van der Waals surface area contributed by atoms with Crippen molar-refractivity contribution < 1.29 is 10.2 Å². The Kier molecular flexibility index (Phi) is 3.64. The smallest absolute Gasteiger partial charge is 0.120 e. The average molecular weight is 271 g/mol. The van der Waals surface area contributed by atoms with Gasteiger partial charge in [-0.2, -0.15) is 0 Å². The van der Waals surface area contributed by atoms with Gasteiger partial charge in [0.2, 0.25) is 0 Å². The summed E-state index contributed by atoms with van der Waals surface area (Å²) in [5.41, 5.74) is 1.26. The fourth-order valence-electron chi connectivity index (χ4n) is 2.89. The summed E-state index contributed by atoms with van der Waals surface area (Å²) in [7, 11) is 0. The summed E-state index contributed by atoms with van der Waals surface area (Å²) in [6.07, 6.45) is 3.27. The molecule has 2 aromatic rings. The monoisotopic (exact) mass is 271 g/mol. The molecule has 20 heavy (non-hydrogen) atoms. The van der Waals surface area contributed by atoms with Crippen molar-refractivity contribution in [1.29, 1.82) is 0 Å². The standard InChI is InChI=1S/C17H21NO2/c19-10-9-17(7-8-17)12-18-11-15-14-4-2-1-3-13(14)5-6-16(15)20/h1-6,18-20H,7-12H2. The molecule has 1 fully saturated rings. The van der Waals surface area contributed by atoms with E-state index in [0.717, 1.165) is 29.3 Å². The predicted molar refractivity (Wildman–Crippen MR) is 80.7 cm³/mol. The molecule has 0 aromatic heterocycles. The summed E-state index contributed by atoms with van der Waals surface area (Å²) < 4.78 is 0. The third kappa shape index (κ3) is 2.65. The van der Waals surface area contributed by atoms with E-state index < -0.39 is 0 Å². The zero-order valence-electron chi connectivity index (χ0n) is 11.6. The maximum Gasteiger partial charge on any atom is 0.120 e. The largest absolute Gasteiger partial charge is 0.508 e. The van der Waals surface area contributed by atoms with Crippen molar-refractivity contribution in [2.24, 2.45) is 5.41 Å². The van der Waals surface area contributed by atoms with Gasteiger partial charge in [0.05, 0.1) is 0 Å². The van der Waals surface area contributed by atoms with E-state index in [9.17, 15) is 5.11 Å². The molecule has 3 heteroatoms. The SMILES string of the molecule is OCCC1(CNCc2c(O)ccc3ccccc23)CC1. The molecular weight excluding hydrogens is 250 g/mol. The highest BCUT2D eigenvalue weighted by molar-refractivity contribution is 5.87. The van der Waals surface area contributed by atoms with Crippen molar-refractivity contribution in [2.75, 3.05) is 13.2 Å².